The zero-order chi connectivity index (χ0) is 14.1. The van der Waals surface area contributed by atoms with Crippen LogP contribution in [0.5, 0.6) is 0 Å². The van der Waals surface area contributed by atoms with E-state index in [9.17, 15) is 9.90 Å². The molecule has 2 aromatic rings. The van der Waals surface area contributed by atoms with E-state index in [1.807, 2.05) is 6.92 Å². The lowest BCUT2D eigenvalue weighted by Crippen LogP contribution is -2.34. The predicted octanol–water partition coefficient (Wildman–Crippen LogP) is -0.424. The molecule has 3 heterocycles. The average molecular weight is 275 g/mol. The van der Waals surface area contributed by atoms with Crippen molar-refractivity contribution in [3.8, 4) is 0 Å². The lowest BCUT2D eigenvalue weighted by atomic mass is 10.1. The molecular formula is C13H17N5O2. The molecule has 1 amide bonds. The van der Waals surface area contributed by atoms with Crippen LogP contribution in [0.2, 0.25) is 0 Å². The monoisotopic (exact) mass is 275 g/mol. The lowest BCUT2D eigenvalue weighted by Gasteiger charge is -2.13. The van der Waals surface area contributed by atoms with Gasteiger partial charge in [-0.2, -0.15) is 5.10 Å². The molecule has 0 radical (unpaired) electrons. The number of aromatic amines is 1. The van der Waals surface area contributed by atoms with Crippen molar-refractivity contribution in [1.29, 1.82) is 0 Å². The standard InChI is InChI=1S/C13H17N5O2/c1-7-10-2-8(4-15-12(10)18-17-7)13(20)16-5-9-3-14-6-11(9)19/h2,4,9,11,14,19H,3,5-6H2,1H3,(H,16,20)(H,15,17,18). The Morgan fingerprint density at radius 1 is 1.55 bits per heavy atom. The van der Waals surface area contributed by atoms with Crippen LogP contribution in [0.1, 0.15) is 16.1 Å². The summed E-state index contributed by atoms with van der Waals surface area (Å²) in [6, 6.07) is 1.78. The summed E-state index contributed by atoms with van der Waals surface area (Å²) in [5.74, 6) is -0.120. The average Bonchev–Trinajstić information content (AvgIpc) is 3.03. The Morgan fingerprint density at radius 2 is 2.40 bits per heavy atom. The smallest absolute Gasteiger partial charge is 0.252 e. The summed E-state index contributed by atoms with van der Waals surface area (Å²) in [6.07, 6.45) is 1.12. The number of carbonyl (C=O) groups is 1. The van der Waals surface area contributed by atoms with Gasteiger partial charge in [0.2, 0.25) is 0 Å². The van der Waals surface area contributed by atoms with E-state index in [-0.39, 0.29) is 11.8 Å². The molecule has 1 fully saturated rings. The van der Waals surface area contributed by atoms with Gasteiger partial charge in [-0.3, -0.25) is 9.89 Å². The zero-order valence-corrected chi connectivity index (χ0v) is 11.2. The minimum atomic E-state index is -0.396. The summed E-state index contributed by atoms with van der Waals surface area (Å²) >= 11 is 0. The van der Waals surface area contributed by atoms with Gasteiger partial charge in [0.15, 0.2) is 5.65 Å². The minimum absolute atomic E-state index is 0.0614. The maximum absolute atomic E-state index is 12.1. The molecule has 7 nitrogen and oxygen atoms in total. The van der Waals surface area contributed by atoms with Gasteiger partial charge in [-0.15, -0.1) is 0 Å². The van der Waals surface area contributed by atoms with Gasteiger partial charge in [0.25, 0.3) is 5.91 Å². The molecule has 0 spiro atoms. The maximum atomic E-state index is 12.1. The summed E-state index contributed by atoms with van der Waals surface area (Å²) in [7, 11) is 0. The summed E-state index contributed by atoms with van der Waals surface area (Å²) in [4.78, 5) is 16.3. The number of H-pyrrole nitrogens is 1. The molecule has 106 valence electrons. The molecule has 2 atom stereocenters. The van der Waals surface area contributed by atoms with Gasteiger partial charge in [-0.25, -0.2) is 4.98 Å². The molecule has 2 unspecified atom stereocenters. The highest BCUT2D eigenvalue weighted by Crippen LogP contribution is 2.14. The molecule has 0 bridgehead atoms. The number of pyridine rings is 1. The Morgan fingerprint density at radius 3 is 3.15 bits per heavy atom. The number of carbonyl (C=O) groups excluding carboxylic acids is 1. The molecule has 7 heteroatoms. The largest absolute Gasteiger partial charge is 0.391 e. The fraction of sp³-hybridized carbons (Fsp3) is 0.462. The van der Waals surface area contributed by atoms with Crippen LogP contribution < -0.4 is 10.6 Å². The number of rotatable bonds is 3. The predicted molar refractivity (Wildman–Crippen MR) is 73.3 cm³/mol. The number of nitrogens with one attached hydrogen (secondary N) is 3. The van der Waals surface area contributed by atoms with Crippen LogP contribution in [-0.4, -0.2) is 51.9 Å². The Kier molecular flexibility index (Phi) is 3.37. The van der Waals surface area contributed by atoms with Crippen LogP contribution in [0.4, 0.5) is 0 Å². The van der Waals surface area contributed by atoms with Crippen molar-refractivity contribution < 1.29 is 9.90 Å². The van der Waals surface area contributed by atoms with E-state index in [2.05, 4.69) is 25.8 Å². The Bertz CT molecular complexity index is 639. The number of hydrogen-bond donors (Lipinski definition) is 4. The van der Waals surface area contributed by atoms with Crippen LogP contribution in [0.3, 0.4) is 0 Å². The van der Waals surface area contributed by atoms with Crippen molar-refractivity contribution in [2.75, 3.05) is 19.6 Å². The van der Waals surface area contributed by atoms with E-state index in [0.29, 0.717) is 24.3 Å². The second-order valence-electron chi connectivity index (χ2n) is 5.14. The first-order valence-corrected chi connectivity index (χ1v) is 6.63. The highest BCUT2D eigenvalue weighted by atomic mass is 16.3. The molecule has 0 saturated carbocycles. The van der Waals surface area contributed by atoms with Gasteiger partial charge >= 0.3 is 0 Å². The maximum Gasteiger partial charge on any atom is 0.252 e. The van der Waals surface area contributed by atoms with Crippen molar-refractivity contribution in [3.05, 3.63) is 23.5 Å². The van der Waals surface area contributed by atoms with Crippen molar-refractivity contribution in [2.24, 2.45) is 5.92 Å². The summed E-state index contributed by atoms with van der Waals surface area (Å²) < 4.78 is 0. The lowest BCUT2D eigenvalue weighted by molar-refractivity contribution is 0.0927. The highest BCUT2D eigenvalue weighted by molar-refractivity contribution is 5.97. The minimum Gasteiger partial charge on any atom is -0.391 e. The van der Waals surface area contributed by atoms with Gasteiger partial charge in [0, 0.05) is 42.8 Å². The van der Waals surface area contributed by atoms with E-state index in [1.54, 1.807) is 6.07 Å². The highest BCUT2D eigenvalue weighted by Gasteiger charge is 2.25. The van der Waals surface area contributed by atoms with Gasteiger partial charge in [-0.05, 0) is 13.0 Å². The van der Waals surface area contributed by atoms with Crippen LogP contribution in [0, 0.1) is 12.8 Å². The first-order valence-electron chi connectivity index (χ1n) is 6.63. The van der Waals surface area contributed by atoms with Crippen molar-refractivity contribution in [2.45, 2.75) is 13.0 Å². The molecule has 4 N–H and O–H groups in total. The van der Waals surface area contributed by atoms with Crippen molar-refractivity contribution in [3.63, 3.8) is 0 Å². The molecule has 1 aliphatic heterocycles. The fourth-order valence-electron chi connectivity index (χ4n) is 2.40. The van der Waals surface area contributed by atoms with E-state index >= 15 is 0 Å². The normalized spacial score (nSPS) is 22.3. The van der Waals surface area contributed by atoms with Crippen LogP contribution in [0.25, 0.3) is 11.0 Å². The van der Waals surface area contributed by atoms with Gasteiger partial charge in [0.05, 0.1) is 11.7 Å². The first kappa shape index (κ1) is 13.0. The third-order valence-electron chi connectivity index (χ3n) is 3.69. The zero-order valence-electron chi connectivity index (χ0n) is 11.2. The number of aryl methyl sites for hydroxylation is 1. The number of nitrogens with zero attached hydrogens (tertiary/aromatic N) is 2. The van der Waals surface area contributed by atoms with Crippen LogP contribution in [0.15, 0.2) is 12.3 Å². The number of β-amino-alcohol motifs (C(OH)–C–C–N with tert-alkyl or cyclic N) is 1. The molecule has 0 aliphatic carbocycles. The van der Waals surface area contributed by atoms with Crippen LogP contribution in [-0.2, 0) is 0 Å². The number of amides is 1. The number of aliphatic hydroxyl groups is 1. The van der Waals surface area contributed by atoms with Crippen LogP contribution >= 0.6 is 0 Å². The van der Waals surface area contributed by atoms with Gasteiger partial charge < -0.3 is 15.7 Å². The van der Waals surface area contributed by atoms with Gasteiger partial charge in [0.1, 0.15) is 0 Å². The quantitative estimate of drug-likeness (QED) is 0.609. The first-order chi connectivity index (χ1) is 9.65. The Balaban J connectivity index is 1.70. The number of hydrogen-bond acceptors (Lipinski definition) is 5. The van der Waals surface area contributed by atoms with E-state index in [4.69, 9.17) is 0 Å². The van der Waals surface area contributed by atoms with E-state index < -0.39 is 6.10 Å². The third-order valence-corrected chi connectivity index (χ3v) is 3.69. The second kappa shape index (κ2) is 5.18. The van der Waals surface area contributed by atoms with E-state index in [1.165, 1.54) is 6.20 Å². The third kappa shape index (κ3) is 2.37. The Labute approximate surface area is 115 Å². The summed E-state index contributed by atoms with van der Waals surface area (Å²) in [6.45, 7) is 3.65. The fourth-order valence-corrected chi connectivity index (χ4v) is 2.40. The number of aromatic nitrogens is 3. The summed E-state index contributed by atoms with van der Waals surface area (Å²) in [5, 5.41) is 23.3. The number of aliphatic hydroxyl groups excluding tert-OH is 1. The molecular weight excluding hydrogens is 258 g/mol. The molecule has 20 heavy (non-hydrogen) atoms. The van der Waals surface area contributed by atoms with Gasteiger partial charge in [-0.1, -0.05) is 0 Å². The summed E-state index contributed by atoms with van der Waals surface area (Å²) in [5.41, 5.74) is 1.99. The topological polar surface area (TPSA) is 103 Å². The molecule has 1 saturated heterocycles. The van der Waals surface area contributed by atoms with Crippen molar-refractivity contribution in [1.82, 2.24) is 25.8 Å². The molecule has 1 aliphatic rings. The SMILES string of the molecule is Cc1[nH]nc2ncc(C(=O)NCC3CNCC3O)cc12. The molecule has 2 aromatic heterocycles. The molecule has 3 rings (SSSR count). The van der Waals surface area contributed by atoms with Crippen molar-refractivity contribution >= 4 is 16.9 Å². The second-order valence-corrected chi connectivity index (χ2v) is 5.14. The Hall–Kier alpha value is -1.99. The molecule has 0 aromatic carbocycles. The van der Waals surface area contributed by atoms with E-state index in [0.717, 1.165) is 17.6 Å². The number of fused-ring (bicyclic) bond motifs is 1.